The third-order valence-electron chi connectivity index (χ3n) is 2.44. The smallest absolute Gasteiger partial charge is 0.265 e. The number of hydrogen-bond acceptors (Lipinski definition) is 4. The molecule has 0 aromatic carbocycles. The Morgan fingerprint density at radius 2 is 2.17 bits per heavy atom. The zero-order valence-electron chi connectivity index (χ0n) is 10.8. The zero-order chi connectivity index (χ0) is 13.0. The molecule has 1 heterocycles. The third-order valence-corrected chi connectivity index (χ3v) is 4.74. The zero-order valence-corrected chi connectivity index (χ0v) is 14.0. The Labute approximate surface area is 126 Å². The van der Waals surface area contributed by atoms with Gasteiger partial charge in [0.2, 0.25) is 0 Å². The molecule has 1 rings (SSSR count). The van der Waals surface area contributed by atoms with Crippen molar-refractivity contribution in [2.24, 2.45) is 0 Å². The fraction of sp³-hybridized carbons (Fsp3) is 0.545. The summed E-state index contributed by atoms with van der Waals surface area (Å²) < 4.78 is 6.10. The molecule has 0 radical (unpaired) electrons. The number of thiophene rings is 1. The van der Waals surface area contributed by atoms with E-state index in [4.69, 9.17) is 4.74 Å². The number of nitrogens with one attached hydrogen (secondary N) is 2. The fourth-order valence-corrected chi connectivity index (χ4v) is 2.93. The van der Waals surface area contributed by atoms with Crippen LogP contribution in [0.5, 0.6) is 5.75 Å². The summed E-state index contributed by atoms with van der Waals surface area (Å²) in [5.41, 5.74) is 0. The number of halogens is 2. The largest absolute Gasteiger partial charge is 0.494 e. The van der Waals surface area contributed by atoms with Gasteiger partial charge in [0.25, 0.3) is 5.91 Å². The molecule has 0 aliphatic carbocycles. The van der Waals surface area contributed by atoms with Gasteiger partial charge in [0.15, 0.2) is 5.75 Å². The molecular weight excluding hydrogens is 340 g/mol. The van der Waals surface area contributed by atoms with Gasteiger partial charge < -0.3 is 15.4 Å². The quantitative estimate of drug-likeness (QED) is 0.851. The lowest BCUT2D eigenvalue weighted by atomic mass is 10.3. The molecule has 0 saturated carbocycles. The SMILES string of the molecule is CNC(C)CNC(=O)c1sc(C)c(Br)c1OC.Cl. The van der Waals surface area contributed by atoms with Gasteiger partial charge in [-0.2, -0.15) is 0 Å². The number of ether oxygens (including phenoxy) is 1. The van der Waals surface area contributed by atoms with E-state index in [1.165, 1.54) is 11.3 Å². The lowest BCUT2D eigenvalue weighted by Gasteiger charge is -2.11. The molecule has 0 spiro atoms. The third kappa shape index (κ3) is 4.12. The van der Waals surface area contributed by atoms with Crippen LogP contribution < -0.4 is 15.4 Å². The first-order valence-electron chi connectivity index (χ1n) is 5.29. The maximum atomic E-state index is 12.0. The Kier molecular flexibility index (Phi) is 7.86. The van der Waals surface area contributed by atoms with Crippen LogP contribution in [0.4, 0.5) is 0 Å². The molecule has 1 aromatic rings. The normalized spacial score (nSPS) is 11.6. The van der Waals surface area contributed by atoms with E-state index in [0.29, 0.717) is 17.2 Å². The molecule has 0 bridgehead atoms. The predicted molar refractivity (Wildman–Crippen MR) is 81.4 cm³/mol. The summed E-state index contributed by atoms with van der Waals surface area (Å²) in [5.74, 6) is 0.518. The minimum atomic E-state index is -0.0947. The average molecular weight is 358 g/mol. The van der Waals surface area contributed by atoms with Crippen LogP contribution in [-0.4, -0.2) is 32.7 Å². The van der Waals surface area contributed by atoms with E-state index in [9.17, 15) is 4.79 Å². The Hall–Kier alpha value is -0.300. The molecule has 7 heteroatoms. The van der Waals surface area contributed by atoms with Gasteiger partial charge in [-0.25, -0.2) is 0 Å². The van der Waals surface area contributed by atoms with Crippen molar-refractivity contribution in [3.8, 4) is 5.75 Å². The van der Waals surface area contributed by atoms with Crippen LogP contribution in [-0.2, 0) is 0 Å². The molecule has 0 aliphatic heterocycles. The molecule has 18 heavy (non-hydrogen) atoms. The van der Waals surface area contributed by atoms with E-state index in [1.54, 1.807) is 7.11 Å². The summed E-state index contributed by atoms with van der Waals surface area (Å²) in [6.45, 7) is 4.55. The topological polar surface area (TPSA) is 50.4 Å². The number of hydrogen-bond donors (Lipinski definition) is 2. The molecule has 1 unspecified atom stereocenters. The predicted octanol–water partition coefficient (Wildman–Crippen LogP) is 2.59. The molecule has 1 atom stereocenters. The number of carbonyl (C=O) groups is 1. The van der Waals surface area contributed by atoms with Gasteiger partial charge in [0.05, 0.1) is 11.6 Å². The first-order valence-corrected chi connectivity index (χ1v) is 6.90. The second-order valence-corrected chi connectivity index (χ2v) is 5.75. The lowest BCUT2D eigenvalue weighted by Crippen LogP contribution is -2.36. The van der Waals surface area contributed by atoms with Crippen LogP contribution in [0.1, 0.15) is 21.5 Å². The van der Waals surface area contributed by atoms with Crippen LogP contribution in [0.25, 0.3) is 0 Å². The maximum Gasteiger partial charge on any atom is 0.265 e. The van der Waals surface area contributed by atoms with Crippen molar-refractivity contribution >= 4 is 45.6 Å². The highest BCUT2D eigenvalue weighted by Gasteiger charge is 2.20. The molecular formula is C11H18BrClN2O2S. The number of rotatable bonds is 5. The second kappa shape index (κ2) is 7.99. The van der Waals surface area contributed by atoms with E-state index in [1.807, 2.05) is 20.9 Å². The van der Waals surface area contributed by atoms with Gasteiger partial charge in [0, 0.05) is 17.5 Å². The highest BCUT2D eigenvalue weighted by atomic mass is 79.9. The van der Waals surface area contributed by atoms with Gasteiger partial charge in [0.1, 0.15) is 4.88 Å². The average Bonchev–Trinajstić information content (AvgIpc) is 2.62. The van der Waals surface area contributed by atoms with Crippen molar-refractivity contribution in [1.29, 1.82) is 0 Å². The van der Waals surface area contributed by atoms with Crippen molar-refractivity contribution in [3.63, 3.8) is 0 Å². The number of amides is 1. The summed E-state index contributed by atoms with van der Waals surface area (Å²) in [5, 5.41) is 5.94. The van der Waals surface area contributed by atoms with Crippen LogP contribution in [0.2, 0.25) is 0 Å². The van der Waals surface area contributed by atoms with E-state index in [0.717, 1.165) is 9.35 Å². The van der Waals surface area contributed by atoms with Crippen LogP contribution in [0, 0.1) is 6.92 Å². The van der Waals surface area contributed by atoms with Gasteiger partial charge in [-0.05, 0) is 36.8 Å². The minimum Gasteiger partial charge on any atom is -0.494 e. The Morgan fingerprint density at radius 3 is 2.67 bits per heavy atom. The minimum absolute atomic E-state index is 0. The van der Waals surface area contributed by atoms with Crippen molar-refractivity contribution in [1.82, 2.24) is 10.6 Å². The summed E-state index contributed by atoms with van der Waals surface area (Å²) in [7, 11) is 3.43. The van der Waals surface area contributed by atoms with Crippen molar-refractivity contribution in [2.75, 3.05) is 20.7 Å². The van der Waals surface area contributed by atoms with Crippen LogP contribution in [0.15, 0.2) is 4.47 Å². The molecule has 0 aliphatic rings. The highest BCUT2D eigenvalue weighted by molar-refractivity contribution is 9.10. The number of methoxy groups -OCH3 is 1. The first kappa shape index (κ1) is 17.7. The molecule has 0 fully saturated rings. The van der Waals surface area contributed by atoms with Gasteiger partial charge in [-0.3, -0.25) is 4.79 Å². The molecule has 0 saturated heterocycles. The first-order chi connectivity index (χ1) is 8.01. The standard InChI is InChI=1S/C11H17BrN2O2S.ClH/c1-6(13-3)5-14-11(15)10-9(16-4)8(12)7(2)17-10;/h6,13H,5H2,1-4H3,(H,14,15);1H. The summed E-state index contributed by atoms with van der Waals surface area (Å²) in [6, 6.07) is 0.245. The van der Waals surface area contributed by atoms with Gasteiger partial charge in [-0.1, -0.05) is 0 Å². The maximum absolute atomic E-state index is 12.0. The van der Waals surface area contributed by atoms with Crippen molar-refractivity contribution in [2.45, 2.75) is 19.9 Å². The number of carbonyl (C=O) groups excluding carboxylic acids is 1. The number of aryl methyl sites for hydroxylation is 1. The highest BCUT2D eigenvalue weighted by Crippen LogP contribution is 2.38. The van der Waals surface area contributed by atoms with Crippen molar-refractivity contribution < 1.29 is 9.53 Å². The van der Waals surface area contributed by atoms with Gasteiger partial charge in [-0.15, -0.1) is 23.7 Å². The van der Waals surface area contributed by atoms with Crippen LogP contribution >= 0.6 is 39.7 Å². The summed E-state index contributed by atoms with van der Waals surface area (Å²) in [6.07, 6.45) is 0. The molecule has 1 amide bonds. The second-order valence-electron chi connectivity index (χ2n) is 3.73. The van der Waals surface area contributed by atoms with Gasteiger partial charge >= 0.3 is 0 Å². The Morgan fingerprint density at radius 1 is 1.56 bits per heavy atom. The summed E-state index contributed by atoms with van der Waals surface area (Å²) >= 11 is 4.84. The Balaban J connectivity index is 0.00000289. The monoisotopic (exact) mass is 356 g/mol. The summed E-state index contributed by atoms with van der Waals surface area (Å²) in [4.78, 5) is 13.6. The fourth-order valence-electron chi connectivity index (χ4n) is 1.26. The molecule has 104 valence electrons. The molecule has 1 aromatic heterocycles. The van der Waals surface area contributed by atoms with Crippen LogP contribution in [0.3, 0.4) is 0 Å². The van der Waals surface area contributed by atoms with E-state index >= 15 is 0 Å². The number of likely N-dealkylation sites (N-methyl/N-ethyl adjacent to an activating group) is 1. The molecule has 2 N–H and O–H groups in total. The van der Waals surface area contributed by atoms with E-state index in [2.05, 4.69) is 26.6 Å². The lowest BCUT2D eigenvalue weighted by molar-refractivity contribution is 0.0952. The van der Waals surface area contributed by atoms with E-state index < -0.39 is 0 Å². The van der Waals surface area contributed by atoms with Crippen molar-refractivity contribution in [3.05, 3.63) is 14.2 Å². The molecule has 4 nitrogen and oxygen atoms in total. The van der Waals surface area contributed by atoms with E-state index in [-0.39, 0.29) is 24.4 Å². The Bertz CT molecular complexity index is 412.